The van der Waals surface area contributed by atoms with E-state index in [9.17, 15) is 4.39 Å². The van der Waals surface area contributed by atoms with Gasteiger partial charge in [0, 0.05) is 6.42 Å². The zero-order chi connectivity index (χ0) is 13.1. The highest BCUT2D eigenvalue weighted by Gasteiger charge is 2.16. The lowest BCUT2D eigenvalue weighted by Gasteiger charge is -2.04. The molecule has 0 saturated carbocycles. The van der Waals surface area contributed by atoms with Gasteiger partial charge >= 0.3 is 0 Å². The topological polar surface area (TPSA) is 52.0 Å². The maximum absolute atomic E-state index is 12.9. The summed E-state index contributed by atoms with van der Waals surface area (Å²) >= 11 is 0. The maximum Gasteiger partial charge on any atom is 0.175 e. The predicted molar refractivity (Wildman–Crippen MR) is 69.5 cm³/mol. The standard InChI is InChI=1S/C14H17FN2O/c1-9(2)3-8-12-13(14(16)17-18-12)10-4-6-11(15)7-5-10/h4-7,9H,3,8H2,1-2H3,(H2,16,17). The quantitative estimate of drug-likeness (QED) is 0.898. The van der Waals surface area contributed by atoms with Gasteiger partial charge in [0.1, 0.15) is 11.6 Å². The van der Waals surface area contributed by atoms with E-state index in [1.165, 1.54) is 12.1 Å². The first-order valence-electron chi connectivity index (χ1n) is 6.08. The summed E-state index contributed by atoms with van der Waals surface area (Å²) in [5.74, 6) is 1.45. The molecule has 4 heteroatoms. The molecule has 2 N–H and O–H groups in total. The number of aromatic nitrogens is 1. The Hall–Kier alpha value is -1.84. The molecule has 1 heterocycles. The molecule has 1 aromatic heterocycles. The molecule has 0 fully saturated rings. The third-order valence-corrected chi connectivity index (χ3v) is 2.87. The van der Waals surface area contributed by atoms with Crippen molar-refractivity contribution >= 4 is 5.82 Å². The molecule has 96 valence electrons. The van der Waals surface area contributed by atoms with Gasteiger partial charge < -0.3 is 10.3 Å². The van der Waals surface area contributed by atoms with Crippen molar-refractivity contribution in [3.8, 4) is 11.1 Å². The Morgan fingerprint density at radius 2 is 1.94 bits per heavy atom. The summed E-state index contributed by atoms with van der Waals surface area (Å²) < 4.78 is 18.2. The zero-order valence-electron chi connectivity index (χ0n) is 10.6. The lowest BCUT2D eigenvalue weighted by Crippen LogP contribution is -1.94. The summed E-state index contributed by atoms with van der Waals surface area (Å²) in [5.41, 5.74) is 7.45. The van der Waals surface area contributed by atoms with Crippen LogP contribution in [0.3, 0.4) is 0 Å². The van der Waals surface area contributed by atoms with Gasteiger partial charge in [0.25, 0.3) is 0 Å². The van der Waals surface area contributed by atoms with E-state index in [0.717, 1.165) is 29.7 Å². The monoisotopic (exact) mass is 248 g/mol. The number of halogens is 1. The van der Waals surface area contributed by atoms with E-state index in [2.05, 4.69) is 19.0 Å². The summed E-state index contributed by atoms with van der Waals surface area (Å²) in [6.45, 7) is 4.30. The Kier molecular flexibility index (Phi) is 3.65. The number of nitrogen functional groups attached to an aromatic ring is 1. The molecule has 2 aromatic rings. The first kappa shape index (κ1) is 12.6. The second kappa shape index (κ2) is 5.21. The summed E-state index contributed by atoms with van der Waals surface area (Å²) in [7, 11) is 0. The first-order chi connectivity index (χ1) is 8.58. The van der Waals surface area contributed by atoms with Crippen LogP contribution in [0.15, 0.2) is 28.8 Å². The van der Waals surface area contributed by atoms with Gasteiger partial charge in [-0.15, -0.1) is 0 Å². The molecule has 0 amide bonds. The molecule has 0 saturated heterocycles. The molecule has 2 rings (SSSR count). The summed E-state index contributed by atoms with van der Waals surface area (Å²) in [6, 6.07) is 6.20. The highest BCUT2D eigenvalue weighted by atomic mass is 19.1. The molecule has 0 bridgehead atoms. The number of rotatable bonds is 4. The number of anilines is 1. The van der Waals surface area contributed by atoms with Crippen LogP contribution in [-0.2, 0) is 6.42 Å². The zero-order valence-corrected chi connectivity index (χ0v) is 10.6. The van der Waals surface area contributed by atoms with E-state index in [0.29, 0.717) is 11.7 Å². The number of hydrogen-bond acceptors (Lipinski definition) is 3. The minimum absolute atomic E-state index is 0.266. The Morgan fingerprint density at radius 3 is 2.56 bits per heavy atom. The van der Waals surface area contributed by atoms with E-state index in [-0.39, 0.29) is 5.82 Å². The van der Waals surface area contributed by atoms with Crippen molar-refractivity contribution in [2.24, 2.45) is 5.92 Å². The average Bonchev–Trinajstić information content (AvgIpc) is 2.69. The Balaban J connectivity index is 2.31. The van der Waals surface area contributed by atoms with Gasteiger partial charge in [0.2, 0.25) is 0 Å². The van der Waals surface area contributed by atoms with Gasteiger partial charge in [-0.1, -0.05) is 31.1 Å². The molecule has 0 aliphatic heterocycles. The molecule has 0 radical (unpaired) electrons. The van der Waals surface area contributed by atoms with Crippen LogP contribution >= 0.6 is 0 Å². The fourth-order valence-electron chi connectivity index (χ4n) is 1.85. The van der Waals surface area contributed by atoms with E-state index in [1.54, 1.807) is 12.1 Å². The van der Waals surface area contributed by atoms with Crippen molar-refractivity contribution in [1.82, 2.24) is 5.16 Å². The minimum Gasteiger partial charge on any atom is -0.380 e. The van der Waals surface area contributed by atoms with Crippen molar-refractivity contribution in [2.75, 3.05) is 5.73 Å². The van der Waals surface area contributed by atoms with Gasteiger partial charge in [0.05, 0.1) is 5.56 Å². The highest BCUT2D eigenvalue weighted by molar-refractivity contribution is 5.75. The van der Waals surface area contributed by atoms with Crippen molar-refractivity contribution in [3.05, 3.63) is 35.8 Å². The third-order valence-electron chi connectivity index (χ3n) is 2.87. The number of hydrogen-bond donors (Lipinski definition) is 1. The summed E-state index contributed by atoms with van der Waals surface area (Å²) in [4.78, 5) is 0. The first-order valence-corrected chi connectivity index (χ1v) is 6.08. The van der Waals surface area contributed by atoms with Crippen LogP contribution in [0, 0.1) is 11.7 Å². The second-order valence-corrected chi connectivity index (χ2v) is 4.81. The van der Waals surface area contributed by atoms with Crippen molar-refractivity contribution in [3.63, 3.8) is 0 Å². The molecule has 0 atom stereocenters. The predicted octanol–water partition coefficient (Wildman–Crippen LogP) is 3.65. The van der Waals surface area contributed by atoms with E-state index in [1.807, 2.05) is 0 Å². The van der Waals surface area contributed by atoms with Crippen molar-refractivity contribution in [1.29, 1.82) is 0 Å². The molecule has 0 aliphatic carbocycles. The Labute approximate surface area is 106 Å². The van der Waals surface area contributed by atoms with Crippen LogP contribution in [0.2, 0.25) is 0 Å². The van der Waals surface area contributed by atoms with Crippen LogP contribution in [0.1, 0.15) is 26.0 Å². The number of nitrogens with zero attached hydrogens (tertiary/aromatic N) is 1. The van der Waals surface area contributed by atoms with Gasteiger partial charge in [-0.3, -0.25) is 0 Å². The molecule has 0 spiro atoms. The number of aryl methyl sites for hydroxylation is 1. The fourth-order valence-corrected chi connectivity index (χ4v) is 1.85. The van der Waals surface area contributed by atoms with Crippen molar-refractivity contribution < 1.29 is 8.91 Å². The van der Waals surface area contributed by atoms with E-state index in [4.69, 9.17) is 10.3 Å². The van der Waals surface area contributed by atoms with Crippen LogP contribution < -0.4 is 5.73 Å². The Morgan fingerprint density at radius 1 is 1.28 bits per heavy atom. The van der Waals surface area contributed by atoms with Crippen LogP contribution in [0.5, 0.6) is 0 Å². The molecule has 18 heavy (non-hydrogen) atoms. The Bertz CT molecular complexity index is 517. The molecule has 0 aliphatic rings. The van der Waals surface area contributed by atoms with Gasteiger partial charge in [-0.25, -0.2) is 4.39 Å². The van der Waals surface area contributed by atoms with E-state index >= 15 is 0 Å². The van der Waals surface area contributed by atoms with Gasteiger partial charge in [0.15, 0.2) is 5.82 Å². The lowest BCUT2D eigenvalue weighted by molar-refractivity contribution is 0.376. The summed E-state index contributed by atoms with van der Waals surface area (Å²) in [6.07, 6.45) is 1.79. The summed E-state index contributed by atoms with van der Waals surface area (Å²) in [5, 5.41) is 3.80. The van der Waals surface area contributed by atoms with Crippen LogP contribution in [0.4, 0.5) is 10.2 Å². The number of nitrogens with two attached hydrogens (primary N) is 1. The van der Waals surface area contributed by atoms with Gasteiger partial charge in [-0.2, -0.15) is 0 Å². The SMILES string of the molecule is CC(C)CCc1onc(N)c1-c1ccc(F)cc1. The molecular weight excluding hydrogens is 231 g/mol. The fraction of sp³-hybridized carbons (Fsp3) is 0.357. The normalized spacial score (nSPS) is 11.1. The maximum atomic E-state index is 12.9. The number of benzene rings is 1. The van der Waals surface area contributed by atoms with Gasteiger partial charge in [-0.05, 0) is 30.0 Å². The second-order valence-electron chi connectivity index (χ2n) is 4.81. The molecular formula is C14H17FN2O. The molecule has 0 unspecified atom stereocenters. The molecule has 3 nitrogen and oxygen atoms in total. The average molecular weight is 248 g/mol. The van der Waals surface area contributed by atoms with Crippen LogP contribution in [-0.4, -0.2) is 5.16 Å². The minimum atomic E-state index is -0.266. The van der Waals surface area contributed by atoms with E-state index < -0.39 is 0 Å². The highest BCUT2D eigenvalue weighted by Crippen LogP contribution is 2.30. The third kappa shape index (κ3) is 2.70. The van der Waals surface area contributed by atoms with Crippen molar-refractivity contribution in [2.45, 2.75) is 26.7 Å². The smallest absolute Gasteiger partial charge is 0.175 e. The van der Waals surface area contributed by atoms with Crippen LogP contribution in [0.25, 0.3) is 11.1 Å². The lowest BCUT2D eigenvalue weighted by atomic mass is 10.0. The molecule has 1 aromatic carbocycles. The largest absolute Gasteiger partial charge is 0.380 e.